The predicted octanol–water partition coefficient (Wildman–Crippen LogP) is 1.65. The molecule has 0 unspecified atom stereocenters. The SMILES string of the molecule is COCC(Br)=C(COC)S(=O)(=O)CBr. The Hall–Kier alpha value is 0.570. The molecule has 84 valence electrons. The molecule has 0 aliphatic carbocycles. The first-order valence-electron chi connectivity index (χ1n) is 3.63. The van der Waals surface area contributed by atoms with E-state index in [2.05, 4.69) is 31.9 Å². The third-order valence-corrected chi connectivity index (χ3v) is 5.55. The molecule has 0 N–H and O–H groups in total. The summed E-state index contributed by atoms with van der Waals surface area (Å²) in [5, 5.41) is 0. The zero-order chi connectivity index (χ0) is 11.2. The summed E-state index contributed by atoms with van der Waals surface area (Å²) < 4.78 is 33.1. The van der Waals surface area contributed by atoms with Crippen LogP contribution in [-0.4, -0.2) is 40.5 Å². The summed E-state index contributed by atoms with van der Waals surface area (Å²) in [5.74, 6) is 0. The van der Waals surface area contributed by atoms with Gasteiger partial charge in [-0.05, 0) is 0 Å². The molecule has 0 rings (SSSR count). The third-order valence-electron chi connectivity index (χ3n) is 1.37. The topological polar surface area (TPSA) is 52.6 Å². The Morgan fingerprint density at radius 1 is 1.21 bits per heavy atom. The Kier molecular flexibility index (Phi) is 7.23. The molecule has 0 aliphatic rings. The molecule has 4 nitrogen and oxygen atoms in total. The van der Waals surface area contributed by atoms with E-state index in [9.17, 15) is 8.42 Å². The van der Waals surface area contributed by atoms with Crippen LogP contribution in [-0.2, 0) is 19.3 Å². The van der Waals surface area contributed by atoms with Crippen LogP contribution < -0.4 is 0 Å². The second kappa shape index (κ2) is 6.95. The largest absolute Gasteiger partial charge is 0.379 e. The highest BCUT2D eigenvalue weighted by Gasteiger charge is 2.19. The van der Waals surface area contributed by atoms with Crippen LogP contribution in [0.2, 0.25) is 0 Å². The molecular weight excluding hydrogens is 340 g/mol. The number of hydrogen-bond acceptors (Lipinski definition) is 4. The van der Waals surface area contributed by atoms with Gasteiger partial charge in [-0.15, -0.1) is 0 Å². The molecule has 0 heterocycles. The molecule has 0 atom stereocenters. The predicted molar refractivity (Wildman–Crippen MR) is 62.4 cm³/mol. The van der Waals surface area contributed by atoms with Crippen molar-refractivity contribution in [3.63, 3.8) is 0 Å². The molecule has 0 saturated carbocycles. The average Bonchev–Trinajstić information content (AvgIpc) is 2.14. The Labute approximate surface area is 101 Å². The molecule has 0 aromatic heterocycles. The van der Waals surface area contributed by atoms with Crippen LogP contribution in [0, 0.1) is 0 Å². The normalized spacial score (nSPS) is 14.0. The number of sulfone groups is 1. The molecule has 0 saturated heterocycles. The van der Waals surface area contributed by atoms with Crippen molar-refractivity contribution in [3.8, 4) is 0 Å². The zero-order valence-corrected chi connectivity index (χ0v) is 11.9. The van der Waals surface area contributed by atoms with Gasteiger partial charge in [0.05, 0.1) is 18.1 Å². The number of methoxy groups -OCH3 is 2. The second-order valence-electron chi connectivity index (χ2n) is 2.42. The van der Waals surface area contributed by atoms with E-state index in [0.717, 1.165) is 0 Å². The number of halogens is 2. The van der Waals surface area contributed by atoms with Crippen LogP contribution in [0.1, 0.15) is 0 Å². The van der Waals surface area contributed by atoms with E-state index in [-0.39, 0.29) is 22.8 Å². The van der Waals surface area contributed by atoms with Crippen molar-refractivity contribution in [3.05, 3.63) is 9.39 Å². The quantitative estimate of drug-likeness (QED) is 0.683. The first-order chi connectivity index (χ1) is 6.49. The zero-order valence-electron chi connectivity index (χ0n) is 7.92. The van der Waals surface area contributed by atoms with Crippen molar-refractivity contribution < 1.29 is 17.9 Å². The summed E-state index contributed by atoms with van der Waals surface area (Å²) in [6.07, 6.45) is 0. The Bertz CT molecular complexity index is 297. The molecule has 0 aromatic carbocycles. The van der Waals surface area contributed by atoms with Crippen LogP contribution in [0.5, 0.6) is 0 Å². The van der Waals surface area contributed by atoms with E-state index < -0.39 is 9.84 Å². The summed E-state index contributed by atoms with van der Waals surface area (Å²) in [7, 11) is -0.366. The standard InChI is InChI=1S/C7H12Br2O4S/c1-12-3-6(9)7(4-13-2)14(10,11)5-8/h3-5H2,1-2H3. The van der Waals surface area contributed by atoms with Gasteiger partial charge in [-0.2, -0.15) is 0 Å². The summed E-state index contributed by atoms with van der Waals surface area (Å²) in [4.78, 5) is 0.207. The minimum absolute atomic E-state index is 0.0396. The third kappa shape index (κ3) is 4.39. The molecule has 0 aliphatic heterocycles. The van der Waals surface area contributed by atoms with E-state index in [0.29, 0.717) is 4.48 Å². The molecule has 0 spiro atoms. The van der Waals surface area contributed by atoms with Crippen molar-refractivity contribution in [2.24, 2.45) is 0 Å². The summed E-state index contributed by atoms with van der Waals surface area (Å²) in [6.45, 7) is 0.253. The van der Waals surface area contributed by atoms with Gasteiger partial charge in [-0.25, -0.2) is 8.42 Å². The van der Waals surface area contributed by atoms with Crippen LogP contribution in [0.25, 0.3) is 0 Å². The maximum absolute atomic E-state index is 11.5. The number of alkyl halides is 1. The lowest BCUT2D eigenvalue weighted by Gasteiger charge is -2.08. The van der Waals surface area contributed by atoms with Crippen LogP contribution in [0.4, 0.5) is 0 Å². The lowest BCUT2D eigenvalue weighted by Crippen LogP contribution is -2.13. The van der Waals surface area contributed by atoms with Crippen LogP contribution in [0.15, 0.2) is 9.39 Å². The van der Waals surface area contributed by atoms with Gasteiger partial charge in [-0.3, -0.25) is 0 Å². The summed E-state index contributed by atoms with van der Waals surface area (Å²) >= 11 is 6.08. The van der Waals surface area contributed by atoms with Gasteiger partial charge >= 0.3 is 0 Å². The van der Waals surface area contributed by atoms with Gasteiger partial charge in [0.25, 0.3) is 0 Å². The molecule has 7 heteroatoms. The van der Waals surface area contributed by atoms with Gasteiger partial charge < -0.3 is 9.47 Å². The first kappa shape index (κ1) is 14.6. The second-order valence-corrected chi connectivity index (χ2v) is 6.69. The van der Waals surface area contributed by atoms with Crippen molar-refractivity contribution in [2.45, 2.75) is 0 Å². The fourth-order valence-electron chi connectivity index (χ4n) is 0.741. The van der Waals surface area contributed by atoms with Gasteiger partial charge in [0.15, 0.2) is 9.84 Å². The summed E-state index contributed by atoms with van der Waals surface area (Å²) in [5.41, 5.74) is 0. The molecule has 0 radical (unpaired) electrons. The molecular formula is C7H12Br2O4S. The van der Waals surface area contributed by atoms with E-state index >= 15 is 0 Å². The summed E-state index contributed by atoms with van der Waals surface area (Å²) in [6, 6.07) is 0. The fourth-order valence-corrected chi connectivity index (χ4v) is 3.48. The van der Waals surface area contributed by atoms with E-state index in [1.807, 2.05) is 0 Å². The smallest absolute Gasteiger partial charge is 0.187 e. The van der Waals surface area contributed by atoms with Crippen molar-refractivity contribution >= 4 is 41.7 Å². The minimum Gasteiger partial charge on any atom is -0.379 e. The number of rotatable bonds is 6. The molecule has 0 amide bonds. The minimum atomic E-state index is -3.30. The Balaban J connectivity index is 5.03. The van der Waals surface area contributed by atoms with Crippen LogP contribution >= 0.6 is 31.9 Å². The molecule has 0 aromatic rings. The van der Waals surface area contributed by atoms with E-state index in [1.165, 1.54) is 14.2 Å². The highest BCUT2D eigenvalue weighted by Crippen LogP contribution is 2.20. The molecule has 14 heavy (non-hydrogen) atoms. The lowest BCUT2D eigenvalue weighted by molar-refractivity contribution is 0.219. The van der Waals surface area contributed by atoms with Gasteiger partial charge in [0, 0.05) is 18.7 Å². The Morgan fingerprint density at radius 3 is 2.07 bits per heavy atom. The Morgan fingerprint density at radius 2 is 1.71 bits per heavy atom. The monoisotopic (exact) mass is 350 g/mol. The van der Waals surface area contributed by atoms with Crippen molar-refractivity contribution in [1.82, 2.24) is 0 Å². The fraction of sp³-hybridized carbons (Fsp3) is 0.714. The van der Waals surface area contributed by atoms with Gasteiger partial charge in [-0.1, -0.05) is 31.9 Å². The van der Waals surface area contributed by atoms with Crippen molar-refractivity contribution in [1.29, 1.82) is 0 Å². The number of ether oxygens (including phenoxy) is 2. The van der Waals surface area contributed by atoms with Crippen LogP contribution in [0.3, 0.4) is 0 Å². The van der Waals surface area contributed by atoms with E-state index in [1.54, 1.807) is 0 Å². The maximum Gasteiger partial charge on any atom is 0.187 e. The average molecular weight is 352 g/mol. The maximum atomic E-state index is 11.5. The first-order valence-corrected chi connectivity index (χ1v) is 7.20. The molecule has 0 bridgehead atoms. The van der Waals surface area contributed by atoms with E-state index in [4.69, 9.17) is 9.47 Å². The highest BCUT2D eigenvalue weighted by atomic mass is 79.9. The number of hydrogen-bond donors (Lipinski definition) is 0. The van der Waals surface area contributed by atoms with Gasteiger partial charge in [0.1, 0.15) is 4.66 Å². The van der Waals surface area contributed by atoms with Gasteiger partial charge in [0.2, 0.25) is 0 Å². The highest BCUT2D eigenvalue weighted by molar-refractivity contribution is 9.12. The molecule has 0 fully saturated rings. The van der Waals surface area contributed by atoms with Crippen molar-refractivity contribution in [2.75, 3.05) is 32.1 Å². The lowest BCUT2D eigenvalue weighted by atomic mass is 10.5.